The van der Waals surface area contributed by atoms with E-state index in [9.17, 15) is 0 Å². The molecule has 0 fully saturated rings. The molecule has 0 spiro atoms. The Kier molecular flexibility index (Phi) is 10.4. The normalized spacial score (nSPS) is 9.00. The predicted octanol–water partition coefficient (Wildman–Crippen LogP) is 0.0646. The molecule has 0 aromatic carbocycles. The third-order valence-corrected chi connectivity index (χ3v) is 1.73. The van der Waals surface area contributed by atoms with Gasteiger partial charge in [0.25, 0.3) is 0 Å². The van der Waals surface area contributed by atoms with E-state index in [1.165, 1.54) is 0 Å². The Morgan fingerprint density at radius 2 is 1.12 bits per heavy atom. The molecule has 0 radical (unpaired) electrons. The van der Waals surface area contributed by atoms with Crippen LogP contribution in [0.2, 0.25) is 0 Å². The first-order valence-corrected chi connectivity index (χ1v) is 3.35. The van der Waals surface area contributed by atoms with Crippen molar-refractivity contribution in [1.82, 2.24) is 0 Å². The fraction of sp³-hybridized carbons (Fsp3) is 1.00. The van der Waals surface area contributed by atoms with E-state index >= 15 is 0 Å². The molecular formula is C3H11ClO3Si. The summed E-state index contributed by atoms with van der Waals surface area (Å²) in [6, 6.07) is 0. The molecule has 0 aromatic rings. The fourth-order valence-corrected chi connectivity index (χ4v) is 0.866. The zero-order valence-corrected chi connectivity index (χ0v) is 7.18. The van der Waals surface area contributed by atoms with Crippen molar-refractivity contribution in [2.75, 3.05) is 21.3 Å². The molecule has 0 aromatic heterocycles. The van der Waals surface area contributed by atoms with Crippen molar-refractivity contribution < 1.29 is 13.3 Å². The molecule has 0 N–H and O–H groups in total. The lowest BCUT2D eigenvalue weighted by atomic mass is 11.8. The monoisotopic (exact) mass is 158 g/mol. The van der Waals surface area contributed by atoms with Crippen molar-refractivity contribution in [3.05, 3.63) is 0 Å². The van der Waals surface area contributed by atoms with Gasteiger partial charge in [-0.1, -0.05) is 0 Å². The van der Waals surface area contributed by atoms with Crippen LogP contribution in [0.25, 0.3) is 0 Å². The van der Waals surface area contributed by atoms with E-state index in [1.807, 2.05) is 0 Å². The van der Waals surface area contributed by atoms with Crippen molar-refractivity contribution in [2.24, 2.45) is 0 Å². The van der Waals surface area contributed by atoms with E-state index in [0.717, 1.165) is 0 Å². The van der Waals surface area contributed by atoms with Gasteiger partial charge in [-0.25, -0.2) is 0 Å². The highest BCUT2D eigenvalue weighted by atomic mass is 35.5. The Morgan fingerprint density at radius 1 is 0.875 bits per heavy atom. The fourth-order valence-electron chi connectivity index (χ4n) is 0.289. The van der Waals surface area contributed by atoms with Crippen LogP contribution in [0.5, 0.6) is 0 Å². The highest BCUT2D eigenvalue weighted by molar-refractivity contribution is 6.36. The molecule has 0 aliphatic rings. The molecule has 0 aliphatic carbocycles. The minimum absolute atomic E-state index is 0. The SMILES string of the molecule is CO[SiH](OC)OC.Cl. The van der Waals surface area contributed by atoms with Crippen LogP contribution in [-0.4, -0.2) is 30.9 Å². The van der Waals surface area contributed by atoms with E-state index < -0.39 is 9.53 Å². The summed E-state index contributed by atoms with van der Waals surface area (Å²) in [5.41, 5.74) is 0. The molecule has 0 saturated heterocycles. The summed E-state index contributed by atoms with van der Waals surface area (Å²) in [4.78, 5) is 0. The minimum atomic E-state index is -1.67. The van der Waals surface area contributed by atoms with Crippen molar-refractivity contribution in [2.45, 2.75) is 0 Å². The summed E-state index contributed by atoms with van der Waals surface area (Å²) in [6.07, 6.45) is 0. The molecule has 3 nitrogen and oxygen atoms in total. The number of hydrogen-bond acceptors (Lipinski definition) is 3. The Balaban J connectivity index is 0. The molecule has 0 aliphatic heterocycles. The van der Waals surface area contributed by atoms with Crippen molar-refractivity contribution in [3.8, 4) is 0 Å². The lowest BCUT2D eigenvalue weighted by Crippen LogP contribution is -2.21. The molecule has 0 unspecified atom stereocenters. The number of hydrogen-bond donors (Lipinski definition) is 0. The maximum absolute atomic E-state index is 4.74. The van der Waals surface area contributed by atoms with Crippen molar-refractivity contribution >= 4 is 21.9 Å². The Morgan fingerprint density at radius 3 is 1.12 bits per heavy atom. The molecule has 5 heteroatoms. The molecule has 0 heterocycles. The molecule has 0 bridgehead atoms. The largest absolute Gasteiger partial charge is 0.483 e. The lowest BCUT2D eigenvalue weighted by Gasteiger charge is -2.05. The van der Waals surface area contributed by atoms with Crippen molar-refractivity contribution in [1.29, 1.82) is 0 Å². The van der Waals surface area contributed by atoms with E-state index in [0.29, 0.717) is 0 Å². The topological polar surface area (TPSA) is 27.7 Å². The molecule has 0 rings (SSSR count). The molecule has 52 valence electrons. The summed E-state index contributed by atoms with van der Waals surface area (Å²) >= 11 is 0. The zero-order chi connectivity index (χ0) is 5.70. The van der Waals surface area contributed by atoms with Crippen LogP contribution in [0.15, 0.2) is 0 Å². The molecular weight excluding hydrogens is 148 g/mol. The van der Waals surface area contributed by atoms with Crippen LogP contribution < -0.4 is 0 Å². The number of rotatable bonds is 3. The standard InChI is InChI=1S/C3H10O3Si.ClH/c1-4-7(5-2)6-3;/h7H,1-3H3;1H. The maximum atomic E-state index is 4.74. The average molecular weight is 159 g/mol. The Bertz CT molecular complexity index is 36.0. The summed E-state index contributed by atoms with van der Waals surface area (Å²) < 4.78 is 14.2. The van der Waals surface area contributed by atoms with Gasteiger partial charge in [-0.2, -0.15) is 0 Å². The smallest absolute Gasteiger partial charge is 0.379 e. The van der Waals surface area contributed by atoms with Gasteiger partial charge in [0.15, 0.2) is 0 Å². The van der Waals surface area contributed by atoms with Crippen LogP contribution in [0.1, 0.15) is 0 Å². The van der Waals surface area contributed by atoms with Gasteiger partial charge in [0, 0.05) is 21.3 Å². The average Bonchev–Trinajstić information content (AvgIpc) is 1.72. The van der Waals surface area contributed by atoms with Crippen molar-refractivity contribution in [3.63, 3.8) is 0 Å². The third kappa shape index (κ3) is 4.54. The van der Waals surface area contributed by atoms with Gasteiger partial charge in [-0.05, 0) is 0 Å². The summed E-state index contributed by atoms with van der Waals surface area (Å²) in [5.74, 6) is 0. The first kappa shape index (κ1) is 11.2. The number of halogens is 1. The third-order valence-electron chi connectivity index (χ3n) is 0.577. The van der Waals surface area contributed by atoms with Gasteiger partial charge >= 0.3 is 9.53 Å². The van der Waals surface area contributed by atoms with Crippen LogP contribution >= 0.6 is 12.4 Å². The van der Waals surface area contributed by atoms with Gasteiger partial charge in [0.05, 0.1) is 0 Å². The quantitative estimate of drug-likeness (QED) is 0.544. The predicted molar refractivity (Wildman–Crippen MR) is 35.4 cm³/mol. The van der Waals surface area contributed by atoms with E-state index in [2.05, 4.69) is 0 Å². The van der Waals surface area contributed by atoms with Gasteiger partial charge in [-0.3, -0.25) is 0 Å². The van der Waals surface area contributed by atoms with E-state index in [4.69, 9.17) is 13.3 Å². The summed E-state index contributed by atoms with van der Waals surface area (Å²) in [7, 11) is 3.05. The minimum Gasteiger partial charge on any atom is -0.379 e. The molecule has 0 saturated carbocycles. The first-order valence-electron chi connectivity index (χ1n) is 1.93. The van der Waals surface area contributed by atoms with Gasteiger partial charge in [0.2, 0.25) is 0 Å². The summed E-state index contributed by atoms with van der Waals surface area (Å²) in [6.45, 7) is 0. The van der Waals surface area contributed by atoms with Gasteiger partial charge in [0.1, 0.15) is 0 Å². The van der Waals surface area contributed by atoms with Crippen LogP contribution in [0.4, 0.5) is 0 Å². The summed E-state index contributed by atoms with van der Waals surface area (Å²) in [5, 5.41) is 0. The highest BCUT2D eigenvalue weighted by Gasteiger charge is 2.04. The zero-order valence-electron chi connectivity index (χ0n) is 5.21. The molecule has 0 atom stereocenters. The van der Waals surface area contributed by atoms with E-state index in [1.54, 1.807) is 21.3 Å². The van der Waals surface area contributed by atoms with E-state index in [-0.39, 0.29) is 12.4 Å². The van der Waals surface area contributed by atoms with Gasteiger partial charge < -0.3 is 13.3 Å². The first-order chi connectivity index (χ1) is 3.35. The second kappa shape index (κ2) is 7.39. The van der Waals surface area contributed by atoms with Crippen LogP contribution in [0.3, 0.4) is 0 Å². The highest BCUT2D eigenvalue weighted by Crippen LogP contribution is 1.81. The molecule has 8 heavy (non-hydrogen) atoms. The molecule has 0 amide bonds. The maximum Gasteiger partial charge on any atom is 0.483 e. The lowest BCUT2D eigenvalue weighted by molar-refractivity contribution is 0.163. The van der Waals surface area contributed by atoms with Crippen LogP contribution in [0, 0.1) is 0 Å². The Hall–Kier alpha value is 0.387. The van der Waals surface area contributed by atoms with Crippen LogP contribution in [-0.2, 0) is 13.3 Å². The second-order valence-corrected chi connectivity index (χ2v) is 2.99. The van der Waals surface area contributed by atoms with Gasteiger partial charge in [-0.15, -0.1) is 12.4 Å². The second-order valence-electron chi connectivity index (χ2n) is 0.996. The Labute approximate surface area is 57.3 Å².